The molecule has 2 amide bonds. The number of aromatic nitrogens is 4. The summed E-state index contributed by atoms with van der Waals surface area (Å²) in [4.78, 5) is 109. The average molecular weight is 1070 g/mol. The Morgan fingerprint density at radius 1 is 0.857 bits per heavy atom. The maximum absolute atomic E-state index is 12.7. The van der Waals surface area contributed by atoms with Crippen molar-refractivity contribution >= 4 is 74.9 Å². The summed E-state index contributed by atoms with van der Waals surface area (Å²) < 4.78 is 60.8. The van der Waals surface area contributed by atoms with Gasteiger partial charge in [-0.15, -0.1) is 0 Å². The Labute approximate surface area is 412 Å². The number of fused-ring (bicyclic) bond motifs is 1. The molecule has 29 heteroatoms. The van der Waals surface area contributed by atoms with Crippen LogP contribution >= 0.6 is 35.2 Å². The van der Waals surface area contributed by atoms with Gasteiger partial charge in [-0.05, 0) is 6.42 Å². The fourth-order valence-corrected chi connectivity index (χ4v) is 10.7. The number of phosphoric acid groups is 3. The van der Waals surface area contributed by atoms with Gasteiger partial charge in [0.25, 0.3) is 15.6 Å². The number of hydrogen-bond donors (Lipinski definition) is 5. The van der Waals surface area contributed by atoms with Crippen LogP contribution in [-0.4, -0.2) is 109 Å². The van der Waals surface area contributed by atoms with Gasteiger partial charge in [-0.2, -0.15) is 0 Å². The number of Topliss-reactive ketones (excluding diaryl/α,β-unsaturated/α-hetero) is 1. The lowest BCUT2D eigenvalue weighted by atomic mass is 9.87. The molecule has 1 fully saturated rings. The van der Waals surface area contributed by atoms with Crippen molar-refractivity contribution in [2.45, 2.75) is 167 Å². The number of carbonyl (C=O) groups excluding carboxylic acids is 4. The smallest absolute Gasteiger partial charge is 0.274 e. The molecule has 0 bridgehead atoms. The molecule has 2 aromatic heterocycles. The molecule has 0 aliphatic carbocycles. The number of ether oxygens (including phenoxy) is 1. The SMILES string of the molecule is CCCCCCCCCCCCCCCCCC(=O)CC(=O)SCCNC(=O)CCNC(=O)[C@H](O)C(C)(C)COP(=O)([O-])OP(=O)([O-])OC[C@H]1O[C@@H](n2cnc3c(N)ncnc32)[C@H](O)[C@@H]1OP(=O)([O-])[O-]. The first kappa shape index (κ1) is 61.5. The van der Waals surface area contributed by atoms with Gasteiger partial charge in [-0.1, -0.05) is 122 Å². The van der Waals surface area contributed by atoms with Gasteiger partial charge in [-0.3, -0.25) is 32.9 Å². The average Bonchev–Trinajstić information content (AvgIpc) is 3.84. The van der Waals surface area contributed by atoms with Crippen molar-refractivity contribution in [3.63, 3.8) is 0 Å². The zero-order valence-corrected chi connectivity index (χ0v) is 43.3. The van der Waals surface area contributed by atoms with E-state index in [2.05, 4.69) is 50.4 Å². The van der Waals surface area contributed by atoms with E-state index in [1.165, 1.54) is 84.5 Å². The molecule has 0 spiro atoms. The number of phosphoric ester groups is 3. The van der Waals surface area contributed by atoms with Crippen molar-refractivity contribution in [1.82, 2.24) is 30.2 Å². The normalized spacial score (nSPS) is 19.7. The molecule has 25 nitrogen and oxygen atoms in total. The van der Waals surface area contributed by atoms with Crippen LogP contribution in [-0.2, 0) is 55.5 Å². The molecule has 0 aromatic carbocycles. The fraction of sp³-hybridized carbons (Fsp3) is 0.780. The zero-order valence-electron chi connectivity index (χ0n) is 39.8. The van der Waals surface area contributed by atoms with E-state index in [0.717, 1.165) is 54.7 Å². The van der Waals surface area contributed by atoms with Gasteiger partial charge < -0.3 is 69.0 Å². The molecule has 2 aromatic rings. The zero-order chi connectivity index (χ0) is 52.0. The summed E-state index contributed by atoms with van der Waals surface area (Å²) in [7, 11) is -17.7. The van der Waals surface area contributed by atoms with E-state index in [1.54, 1.807) is 0 Å². The number of ketones is 1. The Morgan fingerprint density at radius 3 is 2.04 bits per heavy atom. The van der Waals surface area contributed by atoms with E-state index in [4.69, 9.17) is 10.5 Å². The summed E-state index contributed by atoms with van der Waals surface area (Å²) >= 11 is 0.930. The highest BCUT2D eigenvalue weighted by molar-refractivity contribution is 8.13. The number of unbranched alkanes of at least 4 members (excludes halogenated alkanes) is 14. The molecule has 1 saturated heterocycles. The summed E-state index contributed by atoms with van der Waals surface area (Å²) in [6, 6.07) is 0. The van der Waals surface area contributed by atoms with Crippen molar-refractivity contribution in [1.29, 1.82) is 0 Å². The largest absolute Gasteiger partial charge is 0.790 e. The maximum Gasteiger partial charge on any atom is 0.274 e. The third-order valence-electron chi connectivity index (χ3n) is 11.1. The van der Waals surface area contributed by atoms with Gasteiger partial charge in [0.15, 0.2) is 22.8 Å². The second-order valence-corrected chi connectivity index (χ2v) is 22.8. The number of carbonyl (C=O) groups is 4. The summed E-state index contributed by atoms with van der Waals surface area (Å²) in [5.41, 5.74) is 4.05. The molecular formula is C41H68N7O18P3S-4. The lowest BCUT2D eigenvalue weighted by Crippen LogP contribution is -2.46. The Balaban J connectivity index is 1.28. The van der Waals surface area contributed by atoms with Crippen molar-refractivity contribution in [2.24, 2.45) is 5.41 Å². The highest BCUT2D eigenvalue weighted by Gasteiger charge is 2.47. The van der Waals surface area contributed by atoms with Gasteiger partial charge in [-0.25, -0.2) is 19.3 Å². The number of hydrogen-bond acceptors (Lipinski definition) is 23. The molecule has 1 aliphatic heterocycles. The van der Waals surface area contributed by atoms with Crippen molar-refractivity contribution in [3.05, 3.63) is 12.7 Å². The molecule has 1 aliphatic rings. The molecule has 3 heterocycles. The number of amides is 2. The molecule has 6 N–H and O–H groups in total. The van der Waals surface area contributed by atoms with E-state index in [0.29, 0.717) is 6.42 Å². The lowest BCUT2D eigenvalue weighted by molar-refractivity contribution is -0.347. The number of anilines is 1. The number of thioether (sulfide) groups is 1. The highest BCUT2D eigenvalue weighted by atomic mass is 32.2. The van der Waals surface area contributed by atoms with Crippen LogP contribution < -0.4 is 35.9 Å². The minimum absolute atomic E-state index is 0.0252. The van der Waals surface area contributed by atoms with Crippen LogP contribution in [0.25, 0.3) is 11.2 Å². The number of nitrogens with one attached hydrogen (secondary N) is 2. The predicted octanol–water partition coefficient (Wildman–Crippen LogP) is 2.36. The number of nitrogens with two attached hydrogens (primary N) is 1. The Kier molecular flexibility index (Phi) is 26.7. The van der Waals surface area contributed by atoms with Crippen LogP contribution in [0.5, 0.6) is 0 Å². The third kappa shape index (κ3) is 23.0. The van der Waals surface area contributed by atoms with Crippen LogP contribution in [0.1, 0.15) is 143 Å². The number of aliphatic hydroxyl groups excluding tert-OH is 2. The van der Waals surface area contributed by atoms with E-state index in [-0.39, 0.29) is 59.6 Å². The van der Waals surface area contributed by atoms with E-state index < -0.39 is 84.6 Å². The first-order valence-electron chi connectivity index (χ1n) is 23.4. The first-order chi connectivity index (χ1) is 32.9. The van der Waals surface area contributed by atoms with Crippen LogP contribution in [0.2, 0.25) is 0 Å². The third-order valence-corrected chi connectivity index (χ3v) is 15.0. The highest BCUT2D eigenvalue weighted by Crippen LogP contribution is 2.56. The molecular weight excluding hydrogens is 1000 g/mol. The summed E-state index contributed by atoms with van der Waals surface area (Å²) in [6.45, 7) is 2.18. The topological polar surface area (TPSA) is 392 Å². The first-order valence-corrected chi connectivity index (χ1v) is 28.8. The van der Waals surface area contributed by atoms with Crippen LogP contribution in [0.3, 0.4) is 0 Å². The van der Waals surface area contributed by atoms with Gasteiger partial charge in [0.2, 0.25) is 11.8 Å². The van der Waals surface area contributed by atoms with Crippen molar-refractivity contribution in [3.8, 4) is 0 Å². The maximum atomic E-state index is 12.7. The molecule has 400 valence electrons. The quantitative estimate of drug-likeness (QED) is 0.0368. The monoisotopic (exact) mass is 1070 g/mol. The Hall–Kier alpha value is -2.77. The summed E-state index contributed by atoms with van der Waals surface area (Å²) in [5, 5.41) is 26.0. The number of nitrogen functional groups attached to an aromatic ring is 1. The molecule has 2 unspecified atom stereocenters. The van der Waals surface area contributed by atoms with E-state index in [9.17, 15) is 62.7 Å². The number of imidazole rings is 1. The molecule has 0 radical (unpaired) electrons. The number of nitrogens with zero attached hydrogens (tertiary/aromatic N) is 4. The molecule has 7 atom stereocenters. The van der Waals surface area contributed by atoms with Crippen LogP contribution in [0.4, 0.5) is 5.82 Å². The van der Waals surface area contributed by atoms with Gasteiger partial charge in [0, 0.05) is 37.1 Å². The summed E-state index contributed by atoms with van der Waals surface area (Å²) in [5.74, 6) is -1.50. The standard InChI is InChI=1S/C41H72N7O18P3S/c1-4-5-6-7-8-9-10-11-12-13-14-15-16-17-18-19-29(49)24-32(51)70-23-22-43-31(50)20-21-44-39(54)36(53)41(2,3)26-63-69(60,61)66-68(58,59)62-25-30-35(65-67(55,56)57)34(52)40(64-30)48-28-47-33-37(42)45-27-46-38(33)48/h27-28,30,34-36,40,52-53H,4-26H2,1-3H3,(H,43,50)(H,44,54)(H,58,59)(H,60,61)(H2,42,45,46)(H2,55,56,57)/p-4/t30-,34-,35-,36+,40-/m1/s1. The van der Waals surface area contributed by atoms with Gasteiger partial charge >= 0.3 is 0 Å². The Bertz CT molecular complexity index is 2120. The Morgan fingerprint density at radius 2 is 1.44 bits per heavy atom. The van der Waals surface area contributed by atoms with Crippen LogP contribution in [0, 0.1) is 5.41 Å². The van der Waals surface area contributed by atoms with Gasteiger partial charge in [0.1, 0.15) is 42.0 Å². The second kappa shape index (κ2) is 30.4. The molecule has 70 heavy (non-hydrogen) atoms. The van der Waals surface area contributed by atoms with Crippen molar-refractivity contribution in [2.75, 3.05) is 37.8 Å². The second-order valence-electron chi connectivity index (χ2n) is 17.6. The molecule has 0 saturated carbocycles. The minimum atomic E-state index is -5.93. The van der Waals surface area contributed by atoms with E-state index >= 15 is 0 Å². The minimum Gasteiger partial charge on any atom is -0.790 e. The van der Waals surface area contributed by atoms with E-state index in [1.807, 2.05) is 0 Å². The van der Waals surface area contributed by atoms with Crippen LogP contribution in [0.15, 0.2) is 12.7 Å². The number of rotatable bonds is 37. The fourth-order valence-electron chi connectivity index (χ4n) is 7.27. The summed E-state index contributed by atoms with van der Waals surface area (Å²) in [6.07, 6.45) is 10.8. The lowest BCUT2D eigenvalue weighted by Gasteiger charge is -2.36. The predicted molar refractivity (Wildman–Crippen MR) is 247 cm³/mol. The van der Waals surface area contributed by atoms with Gasteiger partial charge in [0.05, 0.1) is 33.8 Å². The van der Waals surface area contributed by atoms with Crippen molar-refractivity contribution < 1.29 is 85.3 Å². The number of aliphatic hydroxyl groups is 2. The molecule has 3 rings (SSSR count).